The molecule has 3 rings (SSSR count). The van der Waals surface area contributed by atoms with E-state index in [4.69, 9.17) is 0 Å². The lowest BCUT2D eigenvalue weighted by Crippen LogP contribution is -2.04. The van der Waals surface area contributed by atoms with Crippen LogP contribution in [0.1, 0.15) is 15.9 Å². The second-order valence-electron chi connectivity index (χ2n) is 4.73. The molecular weight excluding hydrogens is 260 g/mol. The van der Waals surface area contributed by atoms with E-state index >= 15 is 0 Å². The molecule has 0 radical (unpaired) electrons. The normalized spacial score (nSPS) is 10.3. The fourth-order valence-corrected chi connectivity index (χ4v) is 2.11. The van der Waals surface area contributed by atoms with Crippen molar-refractivity contribution < 1.29 is 4.79 Å². The van der Waals surface area contributed by atoms with E-state index in [1.807, 2.05) is 60.7 Å². The van der Waals surface area contributed by atoms with Crippen molar-refractivity contribution in [3.63, 3.8) is 0 Å². The molecule has 0 aliphatic heterocycles. The summed E-state index contributed by atoms with van der Waals surface area (Å²) in [7, 11) is 0. The van der Waals surface area contributed by atoms with Crippen LogP contribution in [0.3, 0.4) is 0 Å². The maximum Gasteiger partial charge on any atom is 0.168 e. The molecule has 3 aromatic rings. The summed E-state index contributed by atoms with van der Waals surface area (Å²) in [5.74, 6) is 0.0706. The van der Waals surface area contributed by atoms with E-state index in [2.05, 4.69) is 9.97 Å². The van der Waals surface area contributed by atoms with Crippen LogP contribution in [0.5, 0.6) is 0 Å². The van der Waals surface area contributed by atoms with Gasteiger partial charge in [-0.2, -0.15) is 0 Å². The third kappa shape index (κ3) is 3.20. The van der Waals surface area contributed by atoms with E-state index in [0.29, 0.717) is 12.0 Å². The summed E-state index contributed by atoms with van der Waals surface area (Å²) in [5, 5.41) is 0. The number of Topliss-reactive ketones (excluding diaryl/α,β-unsaturated/α-hetero) is 1. The number of nitrogens with zero attached hydrogens (tertiary/aromatic N) is 2. The van der Waals surface area contributed by atoms with Crippen LogP contribution < -0.4 is 0 Å². The molecule has 0 aliphatic rings. The fourth-order valence-electron chi connectivity index (χ4n) is 2.11. The van der Waals surface area contributed by atoms with Crippen LogP contribution in [0.25, 0.3) is 11.4 Å². The number of carbonyl (C=O) groups is 1. The predicted molar refractivity (Wildman–Crippen MR) is 81.9 cm³/mol. The minimum absolute atomic E-state index is 0.0706. The average molecular weight is 274 g/mol. The summed E-state index contributed by atoms with van der Waals surface area (Å²) < 4.78 is 0. The van der Waals surface area contributed by atoms with Crippen molar-refractivity contribution in [2.24, 2.45) is 0 Å². The maximum atomic E-state index is 12.2. The zero-order chi connectivity index (χ0) is 14.5. The number of rotatable bonds is 4. The van der Waals surface area contributed by atoms with Gasteiger partial charge in [0.15, 0.2) is 5.78 Å². The molecule has 3 heteroatoms. The molecule has 1 aromatic carbocycles. The second-order valence-corrected chi connectivity index (χ2v) is 4.73. The number of aromatic nitrogens is 2. The topological polar surface area (TPSA) is 42.9 Å². The zero-order valence-corrected chi connectivity index (χ0v) is 11.4. The molecule has 2 aromatic heterocycles. The molecule has 2 heterocycles. The molecule has 0 aliphatic carbocycles. The van der Waals surface area contributed by atoms with Crippen molar-refractivity contribution in [2.75, 3.05) is 0 Å². The molecule has 21 heavy (non-hydrogen) atoms. The van der Waals surface area contributed by atoms with Gasteiger partial charge in [-0.3, -0.25) is 14.8 Å². The average Bonchev–Trinajstić information content (AvgIpc) is 2.57. The summed E-state index contributed by atoms with van der Waals surface area (Å²) >= 11 is 0. The van der Waals surface area contributed by atoms with Crippen LogP contribution in [-0.4, -0.2) is 15.8 Å². The van der Waals surface area contributed by atoms with Crippen molar-refractivity contribution in [1.29, 1.82) is 0 Å². The summed E-state index contributed by atoms with van der Waals surface area (Å²) in [6.07, 6.45) is 3.74. The third-order valence-electron chi connectivity index (χ3n) is 3.22. The highest BCUT2D eigenvalue weighted by Gasteiger charge is 2.08. The lowest BCUT2D eigenvalue weighted by Gasteiger charge is -2.03. The molecule has 0 spiro atoms. The maximum absolute atomic E-state index is 12.2. The predicted octanol–water partition coefficient (Wildman–Crippen LogP) is 3.57. The summed E-state index contributed by atoms with van der Waals surface area (Å²) in [4.78, 5) is 20.8. The van der Waals surface area contributed by atoms with Gasteiger partial charge in [0, 0.05) is 24.4 Å². The van der Waals surface area contributed by atoms with Crippen molar-refractivity contribution in [2.45, 2.75) is 6.42 Å². The van der Waals surface area contributed by atoms with E-state index in [-0.39, 0.29) is 5.78 Å². The van der Waals surface area contributed by atoms with Crippen molar-refractivity contribution in [3.05, 3.63) is 84.2 Å². The highest BCUT2D eigenvalue weighted by Crippen LogP contribution is 2.14. The Morgan fingerprint density at radius 2 is 1.57 bits per heavy atom. The first-order valence-electron chi connectivity index (χ1n) is 6.77. The Morgan fingerprint density at radius 1 is 0.810 bits per heavy atom. The fraction of sp³-hybridized carbons (Fsp3) is 0.0556. The highest BCUT2D eigenvalue weighted by atomic mass is 16.1. The van der Waals surface area contributed by atoms with Gasteiger partial charge in [0.2, 0.25) is 0 Å². The van der Waals surface area contributed by atoms with E-state index in [1.54, 1.807) is 12.4 Å². The van der Waals surface area contributed by atoms with Crippen LogP contribution in [0.2, 0.25) is 0 Å². The minimum Gasteiger partial charge on any atom is -0.294 e. The molecule has 0 saturated heterocycles. The molecule has 0 atom stereocenters. The van der Waals surface area contributed by atoms with E-state index in [0.717, 1.165) is 17.0 Å². The largest absolute Gasteiger partial charge is 0.294 e. The standard InChI is InChI=1S/C18H14N2O/c21-18(12-14-6-2-1-3-7-14)15-9-10-17(20-13-15)16-8-4-5-11-19-16/h1-11,13H,12H2. The first-order chi connectivity index (χ1) is 10.3. The molecule has 0 amide bonds. The number of benzene rings is 1. The molecule has 0 bridgehead atoms. The second kappa shape index (κ2) is 6.09. The quantitative estimate of drug-likeness (QED) is 0.683. The third-order valence-corrected chi connectivity index (χ3v) is 3.22. The van der Waals surface area contributed by atoms with Gasteiger partial charge in [0.1, 0.15) is 0 Å². The first-order valence-corrected chi connectivity index (χ1v) is 6.77. The van der Waals surface area contributed by atoms with Gasteiger partial charge in [-0.25, -0.2) is 0 Å². The van der Waals surface area contributed by atoms with Crippen molar-refractivity contribution in [3.8, 4) is 11.4 Å². The van der Waals surface area contributed by atoms with Gasteiger partial charge in [0.05, 0.1) is 11.4 Å². The van der Waals surface area contributed by atoms with Crippen LogP contribution in [0.4, 0.5) is 0 Å². The van der Waals surface area contributed by atoms with Gasteiger partial charge >= 0.3 is 0 Å². The van der Waals surface area contributed by atoms with Crippen LogP contribution in [-0.2, 0) is 6.42 Å². The molecule has 0 saturated carbocycles. The lowest BCUT2D eigenvalue weighted by atomic mass is 10.0. The molecule has 102 valence electrons. The van der Waals surface area contributed by atoms with Crippen LogP contribution in [0.15, 0.2) is 73.1 Å². The van der Waals surface area contributed by atoms with Crippen LogP contribution >= 0.6 is 0 Å². The Labute approximate surface area is 123 Å². The Kier molecular flexibility index (Phi) is 3.83. The van der Waals surface area contributed by atoms with Crippen molar-refractivity contribution >= 4 is 5.78 Å². The Bertz CT molecular complexity index is 722. The lowest BCUT2D eigenvalue weighted by molar-refractivity contribution is 0.0992. The number of carbonyl (C=O) groups excluding carboxylic acids is 1. The van der Waals surface area contributed by atoms with Gasteiger partial charge < -0.3 is 0 Å². The Balaban J connectivity index is 1.77. The number of hydrogen-bond acceptors (Lipinski definition) is 3. The summed E-state index contributed by atoms with van der Waals surface area (Å²) in [6, 6.07) is 19.0. The Hall–Kier alpha value is -2.81. The first kappa shape index (κ1) is 13.2. The smallest absolute Gasteiger partial charge is 0.168 e. The zero-order valence-electron chi connectivity index (χ0n) is 11.4. The van der Waals surface area contributed by atoms with Crippen molar-refractivity contribution in [1.82, 2.24) is 9.97 Å². The monoisotopic (exact) mass is 274 g/mol. The molecule has 3 nitrogen and oxygen atoms in total. The van der Waals surface area contributed by atoms with Gasteiger partial charge in [0.25, 0.3) is 0 Å². The van der Waals surface area contributed by atoms with Gasteiger partial charge in [-0.15, -0.1) is 0 Å². The summed E-state index contributed by atoms with van der Waals surface area (Å²) in [5.41, 5.74) is 3.21. The molecule has 0 N–H and O–H groups in total. The van der Waals surface area contributed by atoms with Crippen LogP contribution in [0, 0.1) is 0 Å². The number of pyridine rings is 2. The molecule has 0 unspecified atom stereocenters. The number of ketones is 1. The van der Waals surface area contributed by atoms with E-state index in [1.165, 1.54) is 0 Å². The minimum atomic E-state index is 0.0706. The van der Waals surface area contributed by atoms with Gasteiger partial charge in [-0.05, 0) is 29.8 Å². The Morgan fingerprint density at radius 3 is 2.24 bits per heavy atom. The van der Waals surface area contributed by atoms with E-state index < -0.39 is 0 Å². The SMILES string of the molecule is O=C(Cc1ccccc1)c1ccc(-c2ccccn2)nc1. The number of hydrogen-bond donors (Lipinski definition) is 0. The van der Waals surface area contributed by atoms with Gasteiger partial charge in [-0.1, -0.05) is 36.4 Å². The highest BCUT2D eigenvalue weighted by molar-refractivity contribution is 5.97. The molecular formula is C18H14N2O. The molecule has 0 fully saturated rings. The summed E-state index contributed by atoms with van der Waals surface area (Å²) in [6.45, 7) is 0. The van der Waals surface area contributed by atoms with E-state index in [9.17, 15) is 4.79 Å².